The number of imidazole rings is 1. The fraction of sp³-hybridized carbons (Fsp3) is 0.200. The molecule has 0 spiro atoms. The van der Waals surface area contributed by atoms with Gasteiger partial charge < -0.3 is 4.57 Å². The quantitative estimate of drug-likeness (QED) is 0.795. The van der Waals surface area contributed by atoms with E-state index in [-0.39, 0.29) is 11.4 Å². The fourth-order valence-electron chi connectivity index (χ4n) is 2.23. The van der Waals surface area contributed by atoms with Crippen molar-refractivity contribution in [1.29, 1.82) is 0 Å². The molecule has 0 aliphatic heterocycles. The Morgan fingerprint density at radius 1 is 1.27 bits per heavy atom. The van der Waals surface area contributed by atoms with Crippen LogP contribution in [0.3, 0.4) is 0 Å². The highest BCUT2D eigenvalue weighted by Gasteiger charge is 2.16. The predicted octanol–water partition coefficient (Wildman–Crippen LogP) is 1.76. The summed E-state index contributed by atoms with van der Waals surface area (Å²) in [6, 6.07) is 8.55. The van der Waals surface area contributed by atoms with E-state index in [0.717, 1.165) is 16.9 Å². The SMILES string of the molecule is Cc1nc2cc(S(=O)(=O)NCc3cccnc3)ccc2n1C. The summed E-state index contributed by atoms with van der Waals surface area (Å²) < 4.78 is 29.3. The lowest BCUT2D eigenvalue weighted by Crippen LogP contribution is -2.23. The van der Waals surface area contributed by atoms with Crippen LogP contribution in [0.2, 0.25) is 0 Å². The van der Waals surface area contributed by atoms with Crippen molar-refractivity contribution in [2.24, 2.45) is 7.05 Å². The Hall–Kier alpha value is -2.25. The van der Waals surface area contributed by atoms with Crippen LogP contribution in [0.25, 0.3) is 11.0 Å². The van der Waals surface area contributed by atoms with Gasteiger partial charge in [-0.2, -0.15) is 0 Å². The van der Waals surface area contributed by atoms with Crippen molar-refractivity contribution in [3.05, 3.63) is 54.1 Å². The van der Waals surface area contributed by atoms with Gasteiger partial charge in [0.2, 0.25) is 10.0 Å². The van der Waals surface area contributed by atoms with Crippen molar-refractivity contribution in [3.63, 3.8) is 0 Å². The minimum absolute atomic E-state index is 0.204. The van der Waals surface area contributed by atoms with Crippen LogP contribution in [-0.4, -0.2) is 23.0 Å². The van der Waals surface area contributed by atoms with Crippen LogP contribution in [0.4, 0.5) is 0 Å². The summed E-state index contributed by atoms with van der Waals surface area (Å²) in [4.78, 5) is 8.54. The molecule has 2 heterocycles. The number of pyridine rings is 1. The fourth-order valence-corrected chi connectivity index (χ4v) is 3.27. The van der Waals surface area contributed by atoms with Crippen molar-refractivity contribution in [1.82, 2.24) is 19.3 Å². The smallest absolute Gasteiger partial charge is 0.240 e. The summed E-state index contributed by atoms with van der Waals surface area (Å²) in [6.45, 7) is 2.09. The van der Waals surface area contributed by atoms with Gasteiger partial charge >= 0.3 is 0 Å². The highest BCUT2D eigenvalue weighted by atomic mass is 32.2. The Morgan fingerprint density at radius 3 is 2.82 bits per heavy atom. The number of benzene rings is 1. The molecule has 0 unspecified atom stereocenters. The van der Waals surface area contributed by atoms with Crippen molar-refractivity contribution in [3.8, 4) is 0 Å². The molecule has 0 saturated carbocycles. The third kappa shape index (κ3) is 2.72. The third-order valence-corrected chi connectivity index (χ3v) is 4.97. The molecule has 0 aliphatic rings. The number of fused-ring (bicyclic) bond motifs is 1. The van der Waals surface area contributed by atoms with Gasteiger partial charge in [-0.1, -0.05) is 6.07 Å². The lowest BCUT2D eigenvalue weighted by atomic mass is 10.3. The molecule has 7 heteroatoms. The van der Waals surface area contributed by atoms with E-state index in [1.165, 1.54) is 0 Å². The number of nitrogens with zero attached hydrogens (tertiary/aromatic N) is 3. The zero-order valence-electron chi connectivity index (χ0n) is 12.3. The number of aromatic nitrogens is 3. The van der Waals surface area contributed by atoms with E-state index in [4.69, 9.17) is 0 Å². The molecule has 0 radical (unpaired) electrons. The molecule has 114 valence electrons. The predicted molar refractivity (Wildman–Crippen MR) is 83.7 cm³/mol. The molecule has 2 aromatic heterocycles. The molecule has 0 amide bonds. The largest absolute Gasteiger partial charge is 0.331 e. The van der Waals surface area contributed by atoms with Crippen LogP contribution >= 0.6 is 0 Å². The first-order chi connectivity index (χ1) is 10.5. The summed E-state index contributed by atoms with van der Waals surface area (Å²) in [7, 11) is -1.68. The van der Waals surface area contributed by atoms with Crippen LogP contribution < -0.4 is 4.72 Å². The number of rotatable bonds is 4. The second-order valence-corrected chi connectivity index (χ2v) is 6.82. The summed E-state index contributed by atoms with van der Waals surface area (Å²) in [6.07, 6.45) is 3.28. The topological polar surface area (TPSA) is 76.9 Å². The maximum Gasteiger partial charge on any atom is 0.240 e. The summed E-state index contributed by atoms with van der Waals surface area (Å²) in [5, 5.41) is 0. The number of sulfonamides is 1. The van der Waals surface area contributed by atoms with Crippen molar-refractivity contribution < 1.29 is 8.42 Å². The zero-order chi connectivity index (χ0) is 15.7. The molecule has 0 fully saturated rings. The molecule has 0 aliphatic carbocycles. The van der Waals surface area contributed by atoms with E-state index in [1.807, 2.05) is 24.6 Å². The summed E-state index contributed by atoms with van der Waals surface area (Å²) >= 11 is 0. The van der Waals surface area contributed by atoms with Gasteiger partial charge in [-0.3, -0.25) is 4.98 Å². The van der Waals surface area contributed by atoms with Crippen LogP contribution in [0.15, 0.2) is 47.6 Å². The van der Waals surface area contributed by atoms with Gasteiger partial charge in [-0.15, -0.1) is 0 Å². The average Bonchev–Trinajstić information content (AvgIpc) is 2.81. The molecule has 0 saturated heterocycles. The molecule has 1 N–H and O–H groups in total. The van der Waals surface area contributed by atoms with Gasteiger partial charge in [-0.05, 0) is 36.8 Å². The molecule has 6 nitrogen and oxygen atoms in total. The second-order valence-electron chi connectivity index (χ2n) is 5.05. The molecule has 3 aromatic rings. The van der Waals surface area contributed by atoms with E-state index < -0.39 is 10.0 Å². The van der Waals surface area contributed by atoms with Gasteiger partial charge in [0.1, 0.15) is 5.82 Å². The van der Waals surface area contributed by atoms with Crippen LogP contribution in [-0.2, 0) is 23.6 Å². The Bertz CT molecular complexity index is 917. The number of hydrogen-bond acceptors (Lipinski definition) is 4. The Morgan fingerprint density at radius 2 is 2.09 bits per heavy atom. The molecule has 3 rings (SSSR count). The van der Waals surface area contributed by atoms with Gasteiger partial charge in [0, 0.05) is 26.0 Å². The standard InChI is InChI=1S/C15H16N4O2S/c1-11-18-14-8-13(5-6-15(14)19(11)2)22(20,21)17-10-12-4-3-7-16-9-12/h3-9,17H,10H2,1-2H3. The first-order valence-electron chi connectivity index (χ1n) is 6.79. The first kappa shape index (κ1) is 14.7. The van der Waals surface area contributed by atoms with Gasteiger partial charge in [0.05, 0.1) is 15.9 Å². The van der Waals surface area contributed by atoms with Crippen molar-refractivity contribution in [2.45, 2.75) is 18.4 Å². The molecule has 0 bridgehead atoms. The molecule has 22 heavy (non-hydrogen) atoms. The van der Waals surface area contributed by atoms with E-state index in [0.29, 0.717) is 5.52 Å². The lowest BCUT2D eigenvalue weighted by molar-refractivity contribution is 0.581. The number of hydrogen-bond donors (Lipinski definition) is 1. The summed E-state index contributed by atoms with van der Waals surface area (Å²) in [5.41, 5.74) is 2.38. The van der Waals surface area contributed by atoms with Crippen LogP contribution in [0.5, 0.6) is 0 Å². The molecular formula is C15H16N4O2S. The highest BCUT2D eigenvalue weighted by molar-refractivity contribution is 7.89. The maximum atomic E-state index is 12.4. The summed E-state index contributed by atoms with van der Waals surface area (Å²) in [5.74, 6) is 0.841. The Labute approximate surface area is 128 Å². The Balaban J connectivity index is 1.88. The zero-order valence-corrected chi connectivity index (χ0v) is 13.1. The van der Waals surface area contributed by atoms with Crippen LogP contribution in [0.1, 0.15) is 11.4 Å². The average molecular weight is 316 g/mol. The molecule has 0 atom stereocenters. The minimum atomic E-state index is -3.58. The monoisotopic (exact) mass is 316 g/mol. The molecule has 1 aromatic carbocycles. The number of nitrogens with one attached hydrogen (secondary N) is 1. The van der Waals surface area contributed by atoms with Crippen molar-refractivity contribution >= 4 is 21.1 Å². The minimum Gasteiger partial charge on any atom is -0.331 e. The van der Waals surface area contributed by atoms with E-state index >= 15 is 0 Å². The van der Waals surface area contributed by atoms with E-state index in [2.05, 4.69) is 14.7 Å². The molecular weight excluding hydrogens is 300 g/mol. The highest BCUT2D eigenvalue weighted by Crippen LogP contribution is 2.19. The normalized spacial score (nSPS) is 11.9. The maximum absolute atomic E-state index is 12.4. The van der Waals surface area contributed by atoms with E-state index in [1.54, 1.807) is 36.7 Å². The Kier molecular flexibility index (Phi) is 3.67. The van der Waals surface area contributed by atoms with E-state index in [9.17, 15) is 8.42 Å². The van der Waals surface area contributed by atoms with Gasteiger partial charge in [0.25, 0.3) is 0 Å². The number of aryl methyl sites for hydroxylation is 2. The van der Waals surface area contributed by atoms with Gasteiger partial charge in [-0.25, -0.2) is 18.1 Å². The van der Waals surface area contributed by atoms with Crippen molar-refractivity contribution in [2.75, 3.05) is 0 Å². The first-order valence-corrected chi connectivity index (χ1v) is 8.27. The van der Waals surface area contributed by atoms with Crippen LogP contribution in [0, 0.1) is 6.92 Å². The second kappa shape index (κ2) is 5.51. The third-order valence-electron chi connectivity index (χ3n) is 3.58. The lowest BCUT2D eigenvalue weighted by Gasteiger charge is -2.07. The van der Waals surface area contributed by atoms with Gasteiger partial charge in [0.15, 0.2) is 0 Å².